The molecule has 0 amide bonds. The summed E-state index contributed by atoms with van der Waals surface area (Å²) in [6, 6.07) is 4.98. The lowest BCUT2D eigenvalue weighted by Crippen LogP contribution is -2.30. The lowest BCUT2D eigenvalue weighted by Gasteiger charge is -2.17. The minimum atomic E-state index is -3.65. The second kappa shape index (κ2) is 6.36. The SMILES string of the molecule is COC(=O)C1CN(S(=O)(=O)c2cc(Br)ccc2Br)CC1C. The van der Waals surface area contributed by atoms with Gasteiger partial charge in [-0.3, -0.25) is 4.79 Å². The number of hydrogen-bond donors (Lipinski definition) is 0. The summed E-state index contributed by atoms with van der Waals surface area (Å²) in [7, 11) is -2.33. The molecule has 1 saturated heterocycles. The van der Waals surface area contributed by atoms with E-state index in [9.17, 15) is 13.2 Å². The molecule has 1 aliphatic rings. The van der Waals surface area contributed by atoms with Gasteiger partial charge < -0.3 is 4.74 Å². The summed E-state index contributed by atoms with van der Waals surface area (Å²) in [4.78, 5) is 11.9. The summed E-state index contributed by atoms with van der Waals surface area (Å²) in [5.74, 6) is -0.859. The zero-order chi connectivity index (χ0) is 15.8. The maximum absolute atomic E-state index is 12.7. The van der Waals surface area contributed by atoms with Gasteiger partial charge in [0.1, 0.15) is 0 Å². The molecule has 0 radical (unpaired) electrons. The van der Waals surface area contributed by atoms with Gasteiger partial charge in [-0.15, -0.1) is 0 Å². The summed E-state index contributed by atoms with van der Waals surface area (Å²) in [5.41, 5.74) is 0. The maximum atomic E-state index is 12.7. The average Bonchev–Trinajstić information content (AvgIpc) is 2.83. The highest BCUT2D eigenvalue weighted by Gasteiger charge is 2.41. The molecule has 1 heterocycles. The van der Waals surface area contributed by atoms with E-state index in [0.717, 1.165) is 0 Å². The Kier molecular flexibility index (Phi) is 5.12. The van der Waals surface area contributed by atoms with Crippen LogP contribution in [0.5, 0.6) is 0 Å². The first-order chi connectivity index (χ1) is 9.77. The summed E-state index contributed by atoms with van der Waals surface area (Å²) in [6.45, 7) is 2.31. The van der Waals surface area contributed by atoms with Crippen LogP contribution in [0.4, 0.5) is 0 Å². The maximum Gasteiger partial charge on any atom is 0.310 e. The van der Waals surface area contributed by atoms with Crippen LogP contribution < -0.4 is 0 Å². The van der Waals surface area contributed by atoms with E-state index >= 15 is 0 Å². The van der Waals surface area contributed by atoms with Crippen molar-refractivity contribution in [1.82, 2.24) is 4.31 Å². The van der Waals surface area contributed by atoms with Gasteiger partial charge in [-0.2, -0.15) is 4.31 Å². The number of nitrogens with zero attached hydrogens (tertiary/aromatic N) is 1. The first-order valence-electron chi connectivity index (χ1n) is 6.30. The molecule has 1 aliphatic heterocycles. The number of halogens is 2. The van der Waals surface area contributed by atoms with Crippen molar-refractivity contribution in [1.29, 1.82) is 0 Å². The van der Waals surface area contributed by atoms with Crippen LogP contribution in [0.15, 0.2) is 32.0 Å². The molecule has 0 aromatic heterocycles. The second-order valence-corrected chi connectivity index (χ2v) is 8.68. The first kappa shape index (κ1) is 16.9. The van der Waals surface area contributed by atoms with E-state index < -0.39 is 15.9 Å². The second-order valence-electron chi connectivity index (χ2n) is 5.00. The Morgan fingerprint density at radius 2 is 2.00 bits per heavy atom. The Labute approximate surface area is 141 Å². The van der Waals surface area contributed by atoms with Crippen molar-refractivity contribution in [2.75, 3.05) is 20.2 Å². The molecular weight excluding hydrogens is 426 g/mol. The molecule has 1 fully saturated rings. The van der Waals surface area contributed by atoms with Crippen LogP contribution in [0.25, 0.3) is 0 Å². The van der Waals surface area contributed by atoms with Gasteiger partial charge in [0.25, 0.3) is 0 Å². The molecule has 8 heteroatoms. The van der Waals surface area contributed by atoms with Crippen molar-refractivity contribution >= 4 is 47.9 Å². The fourth-order valence-electron chi connectivity index (χ4n) is 2.39. The summed E-state index contributed by atoms with van der Waals surface area (Å²) < 4.78 is 32.7. The van der Waals surface area contributed by atoms with Gasteiger partial charge in [0.15, 0.2) is 0 Å². The van der Waals surface area contributed by atoms with Crippen molar-refractivity contribution in [2.45, 2.75) is 11.8 Å². The van der Waals surface area contributed by atoms with Gasteiger partial charge >= 0.3 is 5.97 Å². The topological polar surface area (TPSA) is 63.7 Å². The predicted octanol–water partition coefficient (Wildman–Crippen LogP) is 2.64. The zero-order valence-corrected chi connectivity index (χ0v) is 15.5. The lowest BCUT2D eigenvalue weighted by atomic mass is 9.99. The average molecular weight is 441 g/mol. The highest BCUT2D eigenvalue weighted by atomic mass is 79.9. The summed E-state index contributed by atoms with van der Waals surface area (Å²) in [6.07, 6.45) is 0. The van der Waals surface area contributed by atoms with Crippen molar-refractivity contribution in [2.24, 2.45) is 11.8 Å². The van der Waals surface area contributed by atoms with Crippen molar-refractivity contribution < 1.29 is 17.9 Å². The molecule has 0 spiro atoms. The Hall–Kier alpha value is -0.440. The highest BCUT2D eigenvalue weighted by Crippen LogP contribution is 2.33. The molecule has 0 bridgehead atoms. The zero-order valence-electron chi connectivity index (χ0n) is 11.5. The third-order valence-corrected chi connectivity index (χ3v) is 6.91. The molecule has 2 rings (SSSR count). The van der Waals surface area contributed by atoms with Gasteiger partial charge in [-0.1, -0.05) is 22.9 Å². The number of rotatable bonds is 3. The fraction of sp³-hybridized carbons (Fsp3) is 0.462. The molecule has 116 valence electrons. The fourth-order valence-corrected chi connectivity index (χ4v) is 5.42. The molecule has 0 saturated carbocycles. The number of esters is 1. The Balaban J connectivity index is 2.33. The van der Waals surface area contributed by atoms with E-state index in [0.29, 0.717) is 15.5 Å². The number of sulfonamides is 1. The van der Waals surface area contributed by atoms with Crippen molar-refractivity contribution in [3.63, 3.8) is 0 Å². The Morgan fingerprint density at radius 1 is 1.33 bits per heavy atom. The number of carbonyl (C=O) groups is 1. The van der Waals surface area contributed by atoms with Crippen LogP contribution in [0.3, 0.4) is 0 Å². The highest BCUT2D eigenvalue weighted by molar-refractivity contribution is 9.11. The summed E-state index contributed by atoms with van der Waals surface area (Å²) >= 11 is 6.55. The molecule has 2 atom stereocenters. The smallest absolute Gasteiger partial charge is 0.310 e. The van der Waals surface area contributed by atoms with Crippen LogP contribution in [0.2, 0.25) is 0 Å². The quantitative estimate of drug-likeness (QED) is 0.677. The van der Waals surface area contributed by atoms with E-state index in [1.54, 1.807) is 18.2 Å². The number of benzene rings is 1. The molecule has 5 nitrogen and oxygen atoms in total. The van der Waals surface area contributed by atoms with E-state index in [4.69, 9.17) is 4.74 Å². The lowest BCUT2D eigenvalue weighted by molar-refractivity contribution is -0.145. The van der Waals surface area contributed by atoms with Crippen LogP contribution in [0, 0.1) is 11.8 Å². The predicted molar refractivity (Wildman–Crippen MR) is 85.3 cm³/mol. The van der Waals surface area contributed by atoms with Crippen molar-refractivity contribution in [3.8, 4) is 0 Å². The van der Waals surface area contributed by atoms with Crippen LogP contribution in [-0.2, 0) is 19.6 Å². The van der Waals surface area contributed by atoms with Crippen molar-refractivity contribution in [3.05, 3.63) is 27.1 Å². The van der Waals surface area contributed by atoms with E-state index in [1.165, 1.54) is 11.4 Å². The van der Waals surface area contributed by atoms with Gasteiger partial charge in [-0.25, -0.2) is 8.42 Å². The van der Waals surface area contributed by atoms with Crippen LogP contribution in [0.1, 0.15) is 6.92 Å². The van der Waals surface area contributed by atoms with Crippen LogP contribution in [-0.4, -0.2) is 38.9 Å². The monoisotopic (exact) mass is 439 g/mol. The molecule has 21 heavy (non-hydrogen) atoms. The van der Waals surface area contributed by atoms with Gasteiger partial charge in [0, 0.05) is 22.0 Å². The molecule has 1 aromatic carbocycles. The Bertz CT molecular complexity index is 662. The van der Waals surface area contributed by atoms with Gasteiger partial charge in [-0.05, 0) is 40.0 Å². The van der Waals surface area contributed by atoms with E-state index in [-0.39, 0.29) is 23.3 Å². The molecule has 1 aromatic rings. The van der Waals surface area contributed by atoms with Gasteiger partial charge in [0.05, 0.1) is 17.9 Å². The molecule has 0 aliphatic carbocycles. The number of hydrogen-bond acceptors (Lipinski definition) is 4. The standard InChI is InChI=1S/C13H15Br2NO4S/c1-8-6-16(7-10(8)13(17)20-2)21(18,19)12-5-9(14)3-4-11(12)15/h3-5,8,10H,6-7H2,1-2H3. The Morgan fingerprint density at radius 3 is 2.62 bits per heavy atom. The summed E-state index contributed by atoms with van der Waals surface area (Å²) in [5, 5.41) is 0. The van der Waals surface area contributed by atoms with Crippen LogP contribution >= 0.6 is 31.9 Å². The normalized spacial score (nSPS) is 23.2. The number of carbonyl (C=O) groups excluding carboxylic acids is 1. The minimum Gasteiger partial charge on any atom is -0.469 e. The number of methoxy groups -OCH3 is 1. The largest absolute Gasteiger partial charge is 0.469 e. The van der Waals surface area contributed by atoms with E-state index in [2.05, 4.69) is 31.9 Å². The molecular formula is C13H15Br2NO4S. The molecule has 2 unspecified atom stereocenters. The van der Waals surface area contributed by atoms with Gasteiger partial charge in [0.2, 0.25) is 10.0 Å². The van der Waals surface area contributed by atoms with E-state index in [1.807, 2.05) is 6.92 Å². The minimum absolute atomic E-state index is 0.0712. The third-order valence-electron chi connectivity index (χ3n) is 3.59. The number of ether oxygens (including phenoxy) is 1. The molecule has 0 N–H and O–H groups in total. The third kappa shape index (κ3) is 3.33. The first-order valence-corrected chi connectivity index (χ1v) is 9.33.